The molecule has 0 amide bonds. The van der Waals surface area contributed by atoms with Gasteiger partial charge in [-0.25, -0.2) is 0 Å². The minimum Gasteiger partial charge on any atom is -0.435 e. The van der Waals surface area contributed by atoms with Gasteiger partial charge in [0.1, 0.15) is 5.75 Å². The number of carbonyl (C=O) groups is 1. The first-order valence-electron chi connectivity index (χ1n) is 4.90. The topological polar surface area (TPSA) is 26.3 Å². The summed E-state index contributed by atoms with van der Waals surface area (Å²) in [6.07, 6.45) is 0. The highest BCUT2D eigenvalue weighted by molar-refractivity contribution is 5.99. The molecule has 0 aromatic heterocycles. The molecule has 0 radical (unpaired) electrons. The van der Waals surface area contributed by atoms with Gasteiger partial charge in [0.2, 0.25) is 0 Å². The summed E-state index contributed by atoms with van der Waals surface area (Å²) in [6, 6.07) is 5.72. The second kappa shape index (κ2) is 4.60. The monoisotopic (exact) mass is 228 g/mol. The fraction of sp³-hybridized carbons (Fsp3) is 0.417. The molecule has 0 unspecified atom stereocenters. The lowest BCUT2D eigenvalue weighted by molar-refractivity contribution is -0.0498. The van der Waals surface area contributed by atoms with Gasteiger partial charge >= 0.3 is 6.61 Å². The van der Waals surface area contributed by atoms with E-state index in [1.54, 1.807) is 20.8 Å². The zero-order valence-electron chi connectivity index (χ0n) is 9.46. The lowest BCUT2D eigenvalue weighted by atomic mass is 9.86. The van der Waals surface area contributed by atoms with Crippen LogP contribution in [0.15, 0.2) is 24.3 Å². The van der Waals surface area contributed by atoms with Crippen molar-refractivity contribution in [2.75, 3.05) is 0 Å². The number of Topliss-reactive ketones (excluding diaryl/α,β-unsaturated/α-hetero) is 1. The van der Waals surface area contributed by atoms with Gasteiger partial charge < -0.3 is 4.74 Å². The molecule has 2 nitrogen and oxygen atoms in total. The molecule has 0 atom stereocenters. The second-order valence-electron chi connectivity index (χ2n) is 4.48. The van der Waals surface area contributed by atoms with Crippen LogP contribution in [0.5, 0.6) is 5.75 Å². The van der Waals surface area contributed by atoms with Crippen LogP contribution in [0, 0.1) is 5.41 Å². The average Bonchev–Trinajstić information content (AvgIpc) is 2.15. The molecular formula is C12H14F2O2. The van der Waals surface area contributed by atoms with E-state index in [4.69, 9.17) is 0 Å². The molecule has 0 saturated heterocycles. The highest BCUT2D eigenvalue weighted by atomic mass is 19.3. The van der Waals surface area contributed by atoms with Gasteiger partial charge in [-0.15, -0.1) is 0 Å². The Balaban J connectivity index is 2.83. The molecule has 0 aliphatic carbocycles. The molecule has 88 valence electrons. The van der Waals surface area contributed by atoms with Crippen LogP contribution in [-0.4, -0.2) is 12.4 Å². The zero-order chi connectivity index (χ0) is 12.3. The van der Waals surface area contributed by atoms with Crippen molar-refractivity contribution < 1.29 is 18.3 Å². The Hall–Kier alpha value is -1.45. The quantitative estimate of drug-likeness (QED) is 0.740. The molecule has 0 saturated carbocycles. The number of alkyl halides is 2. The second-order valence-corrected chi connectivity index (χ2v) is 4.48. The maximum atomic E-state index is 11.9. The van der Waals surface area contributed by atoms with Crippen LogP contribution in [0.3, 0.4) is 0 Å². The van der Waals surface area contributed by atoms with Gasteiger partial charge in [0.05, 0.1) is 0 Å². The third kappa shape index (κ3) is 3.29. The fourth-order valence-electron chi connectivity index (χ4n) is 1.22. The van der Waals surface area contributed by atoms with Gasteiger partial charge in [-0.2, -0.15) is 8.78 Å². The van der Waals surface area contributed by atoms with Crippen LogP contribution in [0.2, 0.25) is 0 Å². The van der Waals surface area contributed by atoms with Crippen LogP contribution in [-0.2, 0) is 0 Å². The van der Waals surface area contributed by atoms with Crippen molar-refractivity contribution in [3.05, 3.63) is 29.8 Å². The number of rotatable bonds is 3. The Bertz CT molecular complexity index is 364. The fourth-order valence-corrected chi connectivity index (χ4v) is 1.22. The number of hydrogen-bond donors (Lipinski definition) is 0. The van der Waals surface area contributed by atoms with Gasteiger partial charge in [-0.05, 0) is 24.3 Å². The lowest BCUT2D eigenvalue weighted by Crippen LogP contribution is -2.20. The van der Waals surface area contributed by atoms with E-state index in [1.807, 2.05) is 0 Å². The van der Waals surface area contributed by atoms with Crippen molar-refractivity contribution in [3.8, 4) is 5.75 Å². The highest BCUT2D eigenvalue weighted by Gasteiger charge is 2.22. The minimum absolute atomic E-state index is 0.0314. The normalized spacial score (nSPS) is 11.6. The number of hydrogen-bond acceptors (Lipinski definition) is 2. The Morgan fingerprint density at radius 3 is 2.06 bits per heavy atom. The molecule has 0 bridgehead atoms. The maximum absolute atomic E-state index is 11.9. The molecule has 0 fully saturated rings. The summed E-state index contributed by atoms with van der Waals surface area (Å²) in [5, 5.41) is 0. The molecule has 1 aromatic rings. The highest BCUT2D eigenvalue weighted by Crippen LogP contribution is 2.22. The van der Waals surface area contributed by atoms with E-state index in [0.29, 0.717) is 5.56 Å². The third-order valence-electron chi connectivity index (χ3n) is 2.02. The van der Waals surface area contributed by atoms with E-state index in [9.17, 15) is 13.6 Å². The maximum Gasteiger partial charge on any atom is 0.387 e. The van der Waals surface area contributed by atoms with Crippen molar-refractivity contribution >= 4 is 5.78 Å². The van der Waals surface area contributed by atoms with Gasteiger partial charge in [-0.1, -0.05) is 20.8 Å². The summed E-state index contributed by atoms with van der Waals surface area (Å²) in [4.78, 5) is 11.8. The number of carbonyl (C=O) groups excluding carboxylic acids is 1. The van der Waals surface area contributed by atoms with E-state index in [1.165, 1.54) is 24.3 Å². The molecule has 1 aromatic carbocycles. The summed E-state index contributed by atoms with van der Waals surface area (Å²) in [6.45, 7) is 2.57. The molecule has 0 N–H and O–H groups in total. The lowest BCUT2D eigenvalue weighted by Gasteiger charge is -2.16. The standard InChI is InChI=1S/C12H14F2O2/c1-12(2,3)10(15)8-4-6-9(7-5-8)16-11(13)14/h4-7,11H,1-3H3. The average molecular weight is 228 g/mol. The molecule has 0 spiro atoms. The summed E-state index contributed by atoms with van der Waals surface area (Å²) in [5.74, 6) is 0.0246. The Labute approximate surface area is 93.2 Å². The molecular weight excluding hydrogens is 214 g/mol. The molecule has 16 heavy (non-hydrogen) atoms. The molecule has 0 aliphatic heterocycles. The molecule has 4 heteroatoms. The Morgan fingerprint density at radius 2 is 1.69 bits per heavy atom. The first-order chi connectivity index (χ1) is 7.30. The Kier molecular flexibility index (Phi) is 3.62. The van der Waals surface area contributed by atoms with Gasteiger partial charge in [0.15, 0.2) is 5.78 Å². The van der Waals surface area contributed by atoms with Gasteiger partial charge in [0.25, 0.3) is 0 Å². The summed E-state index contributed by atoms with van der Waals surface area (Å²) >= 11 is 0. The largest absolute Gasteiger partial charge is 0.435 e. The smallest absolute Gasteiger partial charge is 0.387 e. The predicted octanol–water partition coefficient (Wildman–Crippen LogP) is 3.52. The summed E-state index contributed by atoms with van der Waals surface area (Å²) in [7, 11) is 0. The van der Waals surface area contributed by atoms with E-state index in [0.717, 1.165) is 0 Å². The zero-order valence-corrected chi connectivity index (χ0v) is 9.46. The minimum atomic E-state index is -2.84. The first-order valence-corrected chi connectivity index (χ1v) is 4.90. The van der Waals surface area contributed by atoms with E-state index in [-0.39, 0.29) is 11.5 Å². The van der Waals surface area contributed by atoms with Gasteiger partial charge in [-0.3, -0.25) is 4.79 Å². The molecule has 0 heterocycles. The van der Waals surface area contributed by atoms with Crippen molar-refractivity contribution in [2.24, 2.45) is 5.41 Å². The molecule has 1 rings (SSSR count). The summed E-state index contributed by atoms with van der Waals surface area (Å²) < 4.78 is 27.9. The van der Waals surface area contributed by atoms with Crippen LogP contribution in [0.25, 0.3) is 0 Å². The van der Waals surface area contributed by atoms with Crippen LogP contribution in [0.1, 0.15) is 31.1 Å². The number of ketones is 1. The number of halogens is 2. The van der Waals surface area contributed by atoms with Crippen molar-refractivity contribution in [2.45, 2.75) is 27.4 Å². The van der Waals surface area contributed by atoms with Gasteiger partial charge in [0, 0.05) is 11.0 Å². The number of benzene rings is 1. The summed E-state index contributed by atoms with van der Waals surface area (Å²) in [5.41, 5.74) is 0.0135. The number of ether oxygens (including phenoxy) is 1. The SMILES string of the molecule is CC(C)(C)C(=O)c1ccc(OC(F)F)cc1. The Morgan fingerprint density at radius 1 is 1.19 bits per heavy atom. The van der Waals surface area contributed by atoms with Crippen molar-refractivity contribution in [3.63, 3.8) is 0 Å². The first kappa shape index (κ1) is 12.6. The van der Waals surface area contributed by atoms with Crippen molar-refractivity contribution in [1.82, 2.24) is 0 Å². The van der Waals surface area contributed by atoms with Crippen LogP contribution < -0.4 is 4.74 Å². The van der Waals surface area contributed by atoms with E-state index >= 15 is 0 Å². The van der Waals surface area contributed by atoms with Crippen molar-refractivity contribution in [1.29, 1.82) is 0 Å². The van der Waals surface area contributed by atoms with Crippen LogP contribution in [0.4, 0.5) is 8.78 Å². The van der Waals surface area contributed by atoms with E-state index < -0.39 is 12.0 Å². The van der Waals surface area contributed by atoms with Crippen LogP contribution >= 0.6 is 0 Å². The predicted molar refractivity (Wildman–Crippen MR) is 56.9 cm³/mol. The third-order valence-corrected chi connectivity index (χ3v) is 2.02. The molecule has 0 aliphatic rings. The van der Waals surface area contributed by atoms with E-state index in [2.05, 4.69) is 4.74 Å².